The lowest BCUT2D eigenvalue weighted by Crippen LogP contribution is -2.30. The van der Waals surface area contributed by atoms with Gasteiger partial charge in [-0.2, -0.15) is 0 Å². The molecule has 0 aliphatic rings. The monoisotopic (exact) mass is 985 g/mol. The number of rotatable bonds is 58. The Morgan fingerprint density at radius 1 is 0.286 bits per heavy atom. The molecule has 0 heterocycles. The highest BCUT2D eigenvalue weighted by Gasteiger charge is 2.19. The second-order valence-electron chi connectivity index (χ2n) is 21.3. The van der Waals surface area contributed by atoms with Gasteiger partial charge in [0.2, 0.25) is 0 Å². The predicted molar refractivity (Wildman–Crippen MR) is 303 cm³/mol. The van der Waals surface area contributed by atoms with Gasteiger partial charge < -0.3 is 14.2 Å². The van der Waals surface area contributed by atoms with Crippen molar-refractivity contribution in [2.75, 3.05) is 13.2 Å². The van der Waals surface area contributed by atoms with E-state index in [4.69, 9.17) is 14.2 Å². The number of hydrogen-bond acceptors (Lipinski definition) is 6. The van der Waals surface area contributed by atoms with Crippen LogP contribution in [-0.4, -0.2) is 37.2 Å². The fourth-order valence-corrected chi connectivity index (χ4v) is 9.48. The molecule has 70 heavy (non-hydrogen) atoms. The topological polar surface area (TPSA) is 78.9 Å². The molecule has 0 aromatic carbocycles. The molecule has 0 radical (unpaired) electrons. The molecule has 6 heteroatoms. The third-order valence-corrected chi connectivity index (χ3v) is 14.2. The van der Waals surface area contributed by atoms with Crippen LogP contribution in [0, 0.1) is 0 Å². The van der Waals surface area contributed by atoms with Gasteiger partial charge in [-0.3, -0.25) is 14.4 Å². The second-order valence-corrected chi connectivity index (χ2v) is 21.3. The van der Waals surface area contributed by atoms with Crippen LogP contribution in [0.2, 0.25) is 0 Å². The molecule has 0 amide bonds. The van der Waals surface area contributed by atoms with Gasteiger partial charge >= 0.3 is 17.9 Å². The minimum absolute atomic E-state index is 0.0669. The standard InChI is InChI=1S/C64H120O6/c1-4-7-10-13-16-19-22-25-27-29-31-32-34-35-37-39-42-45-48-51-54-57-63(66)69-60-61(59-68-62(65)56-53-50-47-44-41-24-21-18-15-12-9-6-3)70-64(67)58-55-52-49-46-43-40-38-36-33-30-28-26-23-20-17-14-11-8-5-2/h17,20,26,28,61H,4-16,18-19,21-25,27,29-60H2,1-3H3/b20-17-,28-26-. The number of hydrogen-bond donors (Lipinski definition) is 0. The maximum absolute atomic E-state index is 12.9. The van der Waals surface area contributed by atoms with E-state index < -0.39 is 6.10 Å². The molecule has 0 N–H and O–H groups in total. The first-order valence-corrected chi connectivity index (χ1v) is 31.3. The van der Waals surface area contributed by atoms with Gasteiger partial charge in [0.15, 0.2) is 6.10 Å². The van der Waals surface area contributed by atoms with Gasteiger partial charge in [0, 0.05) is 19.3 Å². The van der Waals surface area contributed by atoms with E-state index in [0.717, 1.165) is 64.2 Å². The molecule has 6 nitrogen and oxygen atoms in total. The molecule has 0 aromatic rings. The van der Waals surface area contributed by atoms with E-state index in [9.17, 15) is 14.4 Å². The first kappa shape index (κ1) is 67.9. The first-order valence-electron chi connectivity index (χ1n) is 31.3. The highest BCUT2D eigenvalue weighted by molar-refractivity contribution is 5.71. The van der Waals surface area contributed by atoms with E-state index in [1.54, 1.807) is 0 Å². The average Bonchev–Trinajstić information content (AvgIpc) is 3.36. The van der Waals surface area contributed by atoms with Crippen molar-refractivity contribution in [2.24, 2.45) is 0 Å². The Labute approximate surface area is 436 Å². The van der Waals surface area contributed by atoms with Crippen molar-refractivity contribution in [3.8, 4) is 0 Å². The summed E-state index contributed by atoms with van der Waals surface area (Å²) in [7, 11) is 0. The SMILES string of the molecule is CCCCC/C=C\C/C=C\CCCCCCCCCCCC(=O)OC(COC(=O)CCCCCCCCCCCCCC)COC(=O)CCCCCCCCCCCCCCCCCCCCCCC. The van der Waals surface area contributed by atoms with Crippen molar-refractivity contribution in [3.05, 3.63) is 24.3 Å². The van der Waals surface area contributed by atoms with Crippen LogP contribution in [0.25, 0.3) is 0 Å². The lowest BCUT2D eigenvalue weighted by molar-refractivity contribution is -0.167. The summed E-state index contributed by atoms with van der Waals surface area (Å²) in [5.41, 5.74) is 0. The third kappa shape index (κ3) is 56.8. The molecule has 0 spiro atoms. The van der Waals surface area contributed by atoms with Gasteiger partial charge in [0.25, 0.3) is 0 Å². The molecule has 0 saturated carbocycles. The number of esters is 3. The number of carbonyl (C=O) groups excluding carboxylic acids is 3. The molecular weight excluding hydrogens is 865 g/mol. The number of ether oxygens (including phenoxy) is 3. The maximum atomic E-state index is 12.9. The summed E-state index contributed by atoms with van der Waals surface area (Å²) >= 11 is 0. The van der Waals surface area contributed by atoms with Crippen LogP contribution in [0.3, 0.4) is 0 Å². The molecule has 0 aliphatic carbocycles. The molecule has 0 fully saturated rings. The lowest BCUT2D eigenvalue weighted by Gasteiger charge is -2.18. The largest absolute Gasteiger partial charge is 0.462 e. The molecule has 1 atom stereocenters. The van der Waals surface area contributed by atoms with Crippen LogP contribution in [0.1, 0.15) is 348 Å². The minimum atomic E-state index is -0.769. The normalized spacial score (nSPS) is 12.1. The fraction of sp³-hybridized carbons (Fsp3) is 0.891. The Balaban J connectivity index is 4.26. The molecule has 1 unspecified atom stereocenters. The smallest absolute Gasteiger partial charge is 0.306 e. The Bertz CT molecular complexity index is 1130. The van der Waals surface area contributed by atoms with E-state index >= 15 is 0 Å². The Hall–Kier alpha value is -2.11. The summed E-state index contributed by atoms with van der Waals surface area (Å²) in [4.78, 5) is 38.2. The van der Waals surface area contributed by atoms with E-state index in [1.165, 1.54) is 244 Å². The van der Waals surface area contributed by atoms with Crippen molar-refractivity contribution < 1.29 is 28.6 Å². The van der Waals surface area contributed by atoms with Crippen LogP contribution in [0.5, 0.6) is 0 Å². The van der Waals surface area contributed by atoms with Crippen LogP contribution in [0.4, 0.5) is 0 Å². The van der Waals surface area contributed by atoms with Crippen LogP contribution in [0.15, 0.2) is 24.3 Å². The van der Waals surface area contributed by atoms with Gasteiger partial charge in [0.1, 0.15) is 13.2 Å². The highest BCUT2D eigenvalue weighted by Crippen LogP contribution is 2.18. The van der Waals surface area contributed by atoms with Crippen LogP contribution in [-0.2, 0) is 28.6 Å². The van der Waals surface area contributed by atoms with E-state index in [0.29, 0.717) is 19.3 Å². The first-order chi connectivity index (χ1) is 34.5. The third-order valence-electron chi connectivity index (χ3n) is 14.2. The Kier molecular flexibility index (Phi) is 57.7. The molecule has 0 rings (SSSR count). The van der Waals surface area contributed by atoms with Gasteiger partial charge in [-0.15, -0.1) is 0 Å². The van der Waals surface area contributed by atoms with Crippen molar-refractivity contribution in [1.29, 1.82) is 0 Å². The lowest BCUT2D eigenvalue weighted by atomic mass is 10.0. The summed E-state index contributed by atoms with van der Waals surface area (Å²) in [5, 5.41) is 0. The summed E-state index contributed by atoms with van der Waals surface area (Å²) in [5.74, 6) is -0.846. The molecule has 0 saturated heterocycles. The predicted octanol–water partition coefficient (Wildman–Crippen LogP) is 21.1. The van der Waals surface area contributed by atoms with Crippen molar-refractivity contribution in [3.63, 3.8) is 0 Å². The quantitative estimate of drug-likeness (QED) is 0.0261. The molecular formula is C64H120O6. The number of allylic oxidation sites excluding steroid dienone is 4. The average molecular weight is 986 g/mol. The van der Waals surface area contributed by atoms with Crippen LogP contribution >= 0.6 is 0 Å². The highest BCUT2D eigenvalue weighted by atomic mass is 16.6. The zero-order valence-corrected chi connectivity index (χ0v) is 47.3. The molecule has 0 aliphatic heterocycles. The van der Waals surface area contributed by atoms with E-state index in [1.807, 2.05) is 0 Å². The summed E-state index contributed by atoms with van der Waals surface area (Å²) in [6, 6.07) is 0. The van der Waals surface area contributed by atoms with Gasteiger partial charge in [-0.1, -0.05) is 302 Å². The Morgan fingerprint density at radius 2 is 0.514 bits per heavy atom. The number of carbonyl (C=O) groups is 3. The number of unbranched alkanes of at least 4 members (excludes halogenated alkanes) is 43. The summed E-state index contributed by atoms with van der Waals surface area (Å²) in [6.07, 6.45) is 70.4. The summed E-state index contributed by atoms with van der Waals surface area (Å²) < 4.78 is 16.9. The van der Waals surface area contributed by atoms with Gasteiger partial charge in [-0.25, -0.2) is 0 Å². The summed E-state index contributed by atoms with van der Waals surface area (Å²) in [6.45, 7) is 6.67. The Morgan fingerprint density at radius 3 is 0.814 bits per heavy atom. The molecule has 412 valence electrons. The van der Waals surface area contributed by atoms with Gasteiger partial charge in [0.05, 0.1) is 0 Å². The van der Waals surface area contributed by atoms with E-state index in [2.05, 4.69) is 45.1 Å². The fourth-order valence-electron chi connectivity index (χ4n) is 9.48. The van der Waals surface area contributed by atoms with Crippen molar-refractivity contribution >= 4 is 17.9 Å². The zero-order chi connectivity index (χ0) is 50.7. The second kappa shape index (κ2) is 59.5. The molecule has 0 bridgehead atoms. The minimum Gasteiger partial charge on any atom is -0.462 e. The van der Waals surface area contributed by atoms with Crippen molar-refractivity contribution in [2.45, 2.75) is 354 Å². The molecule has 0 aromatic heterocycles. The van der Waals surface area contributed by atoms with E-state index in [-0.39, 0.29) is 31.1 Å². The van der Waals surface area contributed by atoms with Crippen LogP contribution < -0.4 is 0 Å². The van der Waals surface area contributed by atoms with Gasteiger partial charge in [-0.05, 0) is 51.4 Å². The zero-order valence-electron chi connectivity index (χ0n) is 47.3. The van der Waals surface area contributed by atoms with Crippen molar-refractivity contribution in [1.82, 2.24) is 0 Å². The maximum Gasteiger partial charge on any atom is 0.306 e.